The zero-order valence-electron chi connectivity index (χ0n) is 15.4. The van der Waals surface area contributed by atoms with Crippen molar-refractivity contribution in [1.82, 2.24) is 14.4 Å². The molecule has 0 unspecified atom stereocenters. The molecule has 0 saturated heterocycles. The number of hydrogen-bond acceptors (Lipinski definition) is 8. The third-order valence-corrected chi connectivity index (χ3v) is 6.36. The van der Waals surface area contributed by atoms with E-state index in [2.05, 4.69) is 9.97 Å². The summed E-state index contributed by atoms with van der Waals surface area (Å²) in [6.45, 7) is 1.79. The lowest BCUT2D eigenvalue weighted by Gasteiger charge is -2.08. The van der Waals surface area contributed by atoms with Crippen molar-refractivity contribution in [3.8, 4) is 0 Å². The molecule has 152 valence electrons. The van der Waals surface area contributed by atoms with Crippen LogP contribution in [0.1, 0.15) is 21.7 Å². The molecule has 0 N–H and O–H groups in total. The summed E-state index contributed by atoms with van der Waals surface area (Å²) in [5.74, 6) is -0.676. The van der Waals surface area contributed by atoms with Crippen molar-refractivity contribution in [2.24, 2.45) is 0 Å². The van der Waals surface area contributed by atoms with Crippen molar-refractivity contribution in [3.63, 3.8) is 0 Å². The number of carbonyl (C=O) groups is 1. The van der Waals surface area contributed by atoms with Crippen molar-refractivity contribution in [1.29, 1.82) is 0 Å². The fraction of sp³-hybridized carbons (Fsp3) is 0.105. The molecule has 0 aliphatic rings. The lowest BCUT2D eigenvalue weighted by atomic mass is 10.2. The van der Waals surface area contributed by atoms with Crippen LogP contribution in [-0.2, 0) is 11.3 Å². The van der Waals surface area contributed by atoms with E-state index in [1.807, 2.05) is 12.3 Å². The van der Waals surface area contributed by atoms with E-state index in [4.69, 9.17) is 16.3 Å². The van der Waals surface area contributed by atoms with Crippen LogP contribution in [0.25, 0.3) is 5.65 Å². The maximum absolute atomic E-state index is 12.7. The third-order valence-electron chi connectivity index (χ3n) is 4.01. The summed E-state index contributed by atoms with van der Waals surface area (Å²) >= 11 is 8.66. The Hall–Kier alpha value is -2.95. The summed E-state index contributed by atoms with van der Waals surface area (Å²) in [6.07, 6.45) is 3.40. The summed E-state index contributed by atoms with van der Waals surface area (Å²) in [5.41, 5.74) is 1.97. The highest BCUT2D eigenvalue weighted by Gasteiger charge is 2.20. The number of fused-ring (bicyclic) bond motifs is 1. The maximum atomic E-state index is 12.7. The summed E-state index contributed by atoms with van der Waals surface area (Å²) in [5, 5.41) is 13.6. The second-order valence-corrected chi connectivity index (χ2v) is 8.80. The van der Waals surface area contributed by atoms with Crippen LogP contribution in [0.2, 0.25) is 5.02 Å². The number of thiazole rings is 1. The van der Waals surface area contributed by atoms with E-state index in [-0.39, 0.29) is 17.9 Å². The minimum absolute atomic E-state index is 0.0821. The first kappa shape index (κ1) is 20.3. The van der Waals surface area contributed by atoms with Gasteiger partial charge >= 0.3 is 5.97 Å². The number of ether oxygens (including phenoxy) is 1. The number of halogens is 1. The topological polar surface area (TPSA) is 99.6 Å². The van der Waals surface area contributed by atoms with Gasteiger partial charge in [0.15, 0.2) is 4.34 Å². The number of nitrogens with zero attached hydrogens (tertiary/aromatic N) is 4. The van der Waals surface area contributed by atoms with Crippen molar-refractivity contribution < 1.29 is 14.5 Å². The van der Waals surface area contributed by atoms with Crippen molar-refractivity contribution in [2.75, 3.05) is 0 Å². The van der Waals surface area contributed by atoms with E-state index in [0.29, 0.717) is 21.3 Å². The van der Waals surface area contributed by atoms with Gasteiger partial charge in [-0.2, -0.15) is 0 Å². The van der Waals surface area contributed by atoms with Crippen LogP contribution in [0.4, 0.5) is 5.69 Å². The van der Waals surface area contributed by atoms with Crippen LogP contribution in [0, 0.1) is 17.0 Å². The van der Waals surface area contributed by atoms with Crippen LogP contribution in [0.3, 0.4) is 0 Å². The molecule has 0 bridgehead atoms. The minimum Gasteiger partial charge on any atom is -0.455 e. The third kappa shape index (κ3) is 4.45. The SMILES string of the molecule is Cc1csc(Sc2ccc([N+](=O)[O-])cc2C(=O)OCc2cn3cc(Cl)ccc3n2)n1. The van der Waals surface area contributed by atoms with E-state index < -0.39 is 10.9 Å². The molecule has 0 aliphatic heterocycles. The Kier molecular flexibility index (Phi) is 5.71. The quantitative estimate of drug-likeness (QED) is 0.222. The van der Waals surface area contributed by atoms with Crippen LogP contribution in [0.15, 0.2) is 57.3 Å². The number of imidazole rings is 1. The number of benzene rings is 1. The summed E-state index contributed by atoms with van der Waals surface area (Å²) in [6, 6.07) is 7.56. The average molecular weight is 461 g/mol. The number of nitro groups is 1. The Morgan fingerprint density at radius 3 is 2.87 bits per heavy atom. The number of nitro benzene ring substituents is 1. The molecule has 1 aromatic carbocycles. The molecule has 0 radical (unpaired) electrons. The number of aromatic nitrogens is 3. The van der Waals surface area contributed by atoms with Gasteiger partial charge in [-0.3, -0.25) is 10.1 Å². The highest BCUT2D eigenvalue weighted by Crippen LogP contribution is 2.34. The second kappa shape index (κ2) is 8.42. The normalized spacial score (nSPS) is 11.0. The Morgan fingerprint density at radius 1 is 1.30 bits per heavy atom. The molecule has 30 heavy (non-hydrogen) atoms. The molecule has 4 rings (SSSR count). The van der Waals surface area contributed by atoms with Gasteiger partial charge in [-0.05, 0) is 25.1 Å². The van der Waals surface area contributed by atoms with Gasteiger partial charge in [0.2, 0.25) is 0 Å². The van der Waals surface area contributed by atoms with Crippen molar-refractivity contribution in [2.45, 2.75) is 22.8 Å². The van der Waals surface area contributed by atoms with Gasteiger partial charge in [0.25, 0.3) is 5.69 Å². The molecule has 3 aromatic heterocycles. The summed E-state index contributed by atoms with van der Waals surface area (Å²) in [7, 11) is 0. The fourth-order valence-electron chi connectivity index (χ4n) is 2.66. The minimum atomic E-state index is -0.676. The van der Waals surface area contributed by atoms with Crippen molar-refractivity contribution >= 4 is 52.0 Å². The molecule has 0 atom stereocenters. The van der Waals surface area contributed by atoms with Gasteiger partial charge in [-0.15, -0.1) is 11.3 Å². The molecule has 0 saturated carbocycles. The first-order chi connectivity index (χ1) is 14.4. The lowest BCUT2D eigenvalue weighted by Crippen LogP contribution is -2.07. The molecule has 0 fully saturated rings. The smallest absolute Gasteiger partial charge is 0.339 e. The van der Waals surface area contributed by atoms with Crippen LogP contribution < -0.4 is 0 Å². The monoisotopic (exact) mass is 460 g/mol. The van der Waals surface area contributed by atoms with Gasteiger partial charge in [0, 0.05) is 40.5 Å². The number of non-ortho nitro benzene ring substituents is 1. The van der Waals surface area contributed by atoms with Crippen LogP contribution in [-0.4, -0.2) is 25.3 Å². The Balaban J connectivity index is 1.57. The molecule has 11 heteroatoms. The molecule has 4 aromatic rings. The van der Waals surface area contributed by atoms with Gasteiger partial charge < -0.3 is 9.14 Å². The lowest BCUT2D eigenvalue weighted by molar-refractivity contribution is -0.384. The molecule has 0 spiro atoms. The average Bonchev–Trinajstić information content (AvgIpc) is 3.31. The second-order valence-electron chi connectivity index (χ2n) is 6.22. The first-order valence-electron chi connectivity index (χ1n) is 8.58. The highest BCUT2D eigenvalue weighted by atomic mass is 35.5. The first-order valence-corrected chi connectivity index (χ1v) is 10.6. The Bertz CT molecular complexity index is 1270. The molecule has 8 nitrogen and oxygen atoms in total. The summed E-state index contributed by atoms with van der Waals surface area (Å²) < 4.78 is 7.85. The van der Waals surface area contributed by atoms with Crippen LogP contribution >= 0.6 is 34.7 Å². The predicted molar refractivity (Wildman–Crippen MR) is 113 cm³/mol. The number of esters is 1. The molecule has 0 amide bonds. The Morgan fingerprint density at radius 2 is 2.13 bits per heavy atom. The standard InChI is InChI=1S/C19H13ClN4O4S2/c1-11-10-29-19(21-11)30-16-4-3-14(24(26)27)6-15(16)18(25)28-9-13-8-23-7-12(20)2-5-17(23)22-13/h2-8,10H,9H2,1H3. The number of aryl methyl sites for hydroxylation is 1. The molecular formula is C19H13ClN4O4S2. The van der Waals surface area contributed by atoms with E-state index in [9.17, 15) is 14.9 Å². The van der Waals surface area contributed by atoms with Gasteiger partial charge in [0.05, 0.1) is 21.2 Å². The van der Waals surface area contributed by atoms with Gasteiger partial charge in [-0.25, -0.2) is 14.8 Å². The van der Waals surface area contributed by atoms with E-state index in [1.165, 1.54) is 41.3 Å². The number of carbonyl (C=O) groups excluding carboxylic acids is 1. The Labute approximate surface area is 183 Å². The van der Waals surface area contributed by atoms with E-state index >= 15 is 0 Å². The predicted octanol–water partition coefficient (Wildman–Crippen LogP) is 5.17. The van der Waals surface area contributed by atoms with Gasteiger partial charge in [-0.1, -0.05) is 23.4 Å². The zero-order valence-corrected chi connectivity index (χ0v) is 17.8. The maximum Gasteiger partial charge on any atom is 0.339 e. The van der Waals surface area contributed by atoms with E-state index in [1.54, 1.807) is 28.9 Å². The van der Waals surface area contributed by atoms with Crippen molar-refractivity contribution in [3.05, 3.63) is 80.2 Å². The van der Waals surface area contributed by atoms with Crippen LogP contribution in [0.5, 0.6) is 0 Å². The zero-order chi connectivity index (χ0) is 21.3. The fourth-order valence-corrected chi connectivity index (χ4v) is 4.72. The summed E-state index contributed by atoms with van der Waals surface area (Å²) in [4.78, 5) is 32.6. The highest BCUT2D eigenvalue weighted by molar-refractivity contribution is 8.01. The molecule has 0 aliphatic carbocycles. The number of hydrogen-bond donors (Lipinski definition) is 0. The van der Waals surface area contributed by atoms with E-state index in [0.717, 1.165) is 10.0 Å². The molecular weight excluding hydrogens is 448 g/mol. The number of pyridine rings is 1. The van der Waals surface area contributed by atoms with Gasteiger partial charge in [0.1, 0.15) is 12.3 Å². The largest absolute Gasteiger partial charge is 0.455 e. The number of rotatable bonds is 6. The molecule has 3 heterocycles.